The molecule has 0 aromatic heterocycles. The molecule has 0 saturated carbocycles. The van der Waals surface area contributed by atoms with Gasteiger partial charge in [0.15, 0.2) is 0 Å². The van der Waals surface area contributed by atoms with E-state index in [1.54, 1.807) is 0 Å². The van der Waals surface area contributed by atoms with Crippen molar-refractivity contribution in [2.24, 2.45) is 0 Å². The van der Waals surface area contributed by atoms with Crippen molar-refractivity contribution in [2.75, 3.05) is 11.9 Å². The standard InChI is InChI=1S/C20H26N2O/c1-4-15(2)17-10-12-19(13-11-17)22-20(23)14-21-16(3)18-8-6-5-7-9-18/h5-13,15-16,21H,4,14H2,1-3H3,(H,22,23)/t15-,16+/m1/s1. The molecule has 0 bridgehead atoms. The highest BCUT2D eigenvalue weighted by molar-refractivity contribution is 5.92. The predicted octanol–water partition coefficient (Wildman–Crippen LogP) is 4.49. The van der Waals surface area contributed by atoms with E-state index in [4.69, 9.17) is 0 Å². The summed E-state index contributed by atoms with van der Waals surface area (Å²) in [6, 6.07) is 18.4. The number of hydrogen-bond acceptors (Lipinski definition) is 2. The monoisotopic (exact) mass is 310 g/mol. The first-order chi connectivity index (χ1) is 11.1. The van der Waals surface area contributed by atoms with Gasteiger partial charge in [0, 0.05) is 11.7 Å². The molecule has 0 saturated heterocycles. The van der Waals surface area contributed by atoms with E-state index in [1.807, 2.05) is 30.3 Å². The van der Waals surface area contributed by atoms with E-state index in [-0.39, 0.29) is 11.9 Å². The maximum Gasteiger partial charge on any atom is 0.238 e. The topological polar surface area (TPSA) is 41.1 Å². The molecular formula is C20H26N2O. The van der Waals surface area contributed by atoms with Gasteiger partial charge in [0.1, 0.15) is 0 Å². The van der Waals surface area contributed by atoms with E-state index in [0.717, 1.165) is 12.1 Å². The molecule has 2 rings (SSSR count). The van der Waals surface area contributed by atoms with Crippen LogP contribution in [0.3, 0.4) is 0 Å². The maximum absolute atomic E-state index is 12.0. The van der Waals surface area contributed by atoms with Crippen LogP contribution >= 0.6 is 0 Å². The Morgan fingerprint density at radius 2 is 1.61 bits per heavy atom. The summed E-state index contributed by atoms with van der Waals surface area (Å²) in [4.78, 5) is 12.0. The van der Waals surface area contributed by atoms with Crippen LogP contribution in [0.5, 0.6) is 0 Å². The number of anilines is 1. The van der Waals surface area contributed by atoms with Crippen LogP contribution in [-0.4, -0.2) is 12.5 Å². The summed E-state index contributed by atoms with van der Waals surface area (Å²) in [5.41, 5.74) is 3.33. The molecule has 0 spiro atoms. The normalized spacial score (nSPS) is 13.3. The van der Waals surface area contributed by atoms with E-state index in [9.17, 15) is 4.79 Å². The van der Waals surface area contributed by atoms with E-state index in [1.165, 1.54) is 11.1 Å². The lowest BCUT2D eigenvalue weighted by Gasteiger charge is -2.14. The largest absolute Gasteiger partial charge is 0.325 e. The van der Waals surface area contributed by atoms with Crippen molar-refractivity contribution in [1.29, 1.82) is 0 Å². The Labute approximate surface area is 139 Å². The van der Waals surface area contributed by atoms with Crippen molar-refractivity contribution < 1.29 is 4.79 Å². The molecule has 0 aliphatic rings. The minimum Gasteiger partial charge on any atom is -0.325 e. The van der Waals surface area contributed by atoms with Gasteiger partial charge in [-0.1, -0.05) is 56.3 Å². The van der Waals surface area contributed by atoms with Crippen LogP contribution in [0.25, 0.3) is 0 Å². The Hall–Kier alpha value is -2.13. The molecule has 3 heteroatoms. The molecule has 2 aromatic rings. The fraction of sp³-hybridized carbons (Fsp3) is 0.350. The molecule has 2 N–H and O–H groups in total. The van der Waals surface area contributed by atoms with Gasteiger partial charge in [0.05, 0.1) is 6.54 Å². The molecule has 0 heterocycles. The van der Waals surface area contributed by atoms with Gasteiger partial charge in [-0.3, -0.25) is 4.79 Å². The molecule has 0 aliphatic heterocycles. The van der Waals surface area contributed by atoms with Crippen molar-refractivity contribution in [3.05, 3.63) is 65.7 Å². The molecule has 0 radical (unpaired) electrons. The number of hydrogen-bond donors (Lipinski definition) is 2. The zero-order chi connectivity index (χ0) is 16.7. The van der Waals surface area contributed by atoms with Gasteiger partial charge in [-0.2, -0.15) is 0 Å². The van der Waals surface area contributed by atoms with Crippen molar-refractivity contribution in [1.82, 2.24) is 5.32 Å². The maximum atomic E-state index is 12.0. The number of amides is 1. The van der Waals surface area contributed by atoms with Crippen LogP contribution < -0.4 is 10.6 Å². The number of carbonyl (C=O) groups excluding carboxylic acids is 1. The quantitative estimate of drug-likeness (QED) is 0.791. The summed E-state index contributed by atoms with van der Waals surface area (Å²) in [5, 5.41) is 6.18. The third kappa shape index (κ3) is 5.22. The van der Waals surface area contributed by atoms with Gasteiger partial charge in [-0.05, 0) is 42.5 Å². The minimum atomic E-state index is -0.0240. The summed E-state index contributed by atoms with van der Waals surface area (Å²) in [6.07, 6.45) is 1.12. The molecule has 0 aliphatic carbocycles. The van der Waals surface area contributed by atoms with Crippen molar-refractivity contribution >= 4 is 11.6 Å². The van der Waals surface area contributed by atoms with Gasteiger partial charge in [0.2, 0.25) is 5.91 Å². The van der Waals surface area contributed by atoms with Crippen LogP contribution in [-0.2, 0) is 4.79 Å². The highest BCUT2D eigenvalue weighted by atomic mass is 16.1. The number of nitrogens with one attached hydrogen (secondary N) is 2. The number of benzene rings is 2. The van der Waals surface area contributed by atoms with Crippen LogP contribution in [0.4, 0.5) is 5.69 Å². The first kappa shape index (κ1) is 17.2. The third-order valence-corrected chi connectivity index (χ3v) is 4.24. The van der Waals surface area contributed by atoms with E-state index in [2.05, 4.69) is 55.7 Å². The summed E-state index contributed by atoms with van der Waals surface area (Å²) in [6.45, 7) is 6.75. The first-order valence-corrected chi connectivity index (χ1v) is 8.28. The fourth-order valence-corrected chi connectivity index (χ4v) is 2.44. The molecule has 2 aromatic carbocycles. The lowest BCUT2D eigenvalue weighted by atomic mass is 9.99. The van der Waals surface area contributed by atoms with Gasteiger partial charge in [-0.15, -0.1) is 0 Å². The molecule has 3 nitrogen and oxygen atoms in total. The highest BCUT2D eigenvalue weighted by Crippen LogP contribution is 2.20. The lowest BCUT2D eigenvalue weighted by Crippen LogP contribution is -2.30. The summed E-state index contributed by atoms with van der Waals surface area (Å²) in [5.74, 6) is 0.525. The summed E-state index contributed by atoms with van der Waals surface area (Å²) >= 11 is 0. The Balaban J connectivity index is 1.83. The van der Waals surface area contributed by atoms with Crippen molar-refractivity contribution in [3.8, 4) is 0 Å². The zero-order valence-corrected chi connectivity index (χ0v) is 14.2. The molecular weight excluding hydrogens is 284 g/mol. The van der Waals surface area contributed by atoms with E-state index in [0.29, 0.717) is 12.5 Å². The Kier molecular flexibility index (Phi) is 6.36. The third-order valence-electron chi connectivity index (χ3n) is 4.24. The lowest BCUT2D eigenvalue weighted by molar-refractivity contribution is -0.115. The first-order valence-electron chi connectivity index (χ1n) is 8.28. The summed E-state index contributed by atoms with van der Waals surface area (Å²) in [7, 11) is 0. The predicted molar refractivity (Wildman–Crippen MR) is 96.6 cm³/mol. The Morgan fingerprint density at radius 3 is 2.22 bits per heavy atom. The molecule has 0 fully saturated rings. The average molecular weight is 310 g/mol. The van der Waals surface area contributed by atoms with Crippen molar-refractivity contribution in [3.63, 3.8) is 0 Å². The number of carbonyl (C=O) groups is 1. The fourth-order valence-electron chi connectivity index (χ4n) is 2.44. The van der Waals surface area contributed by atoms with E-state index < -0.39 is 0 Å². The van der Waals surface area contributed by atoms with Gasteiger partial charge in [-0.25, -0.2) is 0 Å². The van der Waals surface area contributed by atoms with E-state index >= 15 is 0 Å². The molecule has 0 unspecified atom stereocenters. The second-order valence-electron chi connectivity index (χ2n) is 5.99. The minimum absolute atomic E-state index is 0.0240. The van der Waals surface area contributed by atoms with Crippen LogP contribution in [0, 0.1) is 0 Å². The molecule has 23 heavy (non-hydrogen) atoms. The van der Waals surface area contributed by atoms with Gasteiger partial charge < -0.3 is 10.6 Å². The Morgan fingerprint density at radius 1 is 0.957 bits per heavy atom. The second kappa shape index (κ2) is 8.49. The second-order valence-corrected chi connectivity index (χ2v) is 5.99. The van der Waals surface area contributed by atoms with Crippen molar-refractivity contribution in [2.45, 2.75) is 39.2 Å². The zero-order valence-electron chi connectivity index (χ0n) is 14.2. The number of rotatable bonds is 7. The average Bonchev–Trinajstić information content (AvgIpc) is 2.60. The highest BCUT2D eigenvalue weighted by Gasteiger charge is 2.08. The van der Waals surface area contributed by atoms with Crippen LogP contribution in [0.1, 0.15) is 50.3 Å². The van der Waals surface area contributed by atoms with Crippen LogP contribution in [0.2, 0.25) is 0 Å². The summed E-state index contributed by atoms with van der Waals surface area (Å²) < 4.78 is 0. The molecule has 1 amide bonds. The smallest absolute Gasteiger partial charge is 0.238 e. The van der Waals surface area contributed by atoms with Crippen LogP contribution in [0.15, 0.2) is 54.6 Å². The van der Waals surface area contributed by atoms with Gasteiger partial charge >= 0.3 is 0 Å². The SMILES string of the molecule is CC[C@@H](C)c1ccc(NC(=O)CN[C@@H](C)c2ccccc2)cc1. The van der Waals surface area contributed by atoms with Gasteiger partial charge in [0.25, 0.3) is 0 Å². The molecule has 2 atom stereocenters. The Bertz CT molecular complexity index is 607. The molecule has 122 valence electrons.